The Bertz CT molecular complexity index is 144. The zero-order valence-electron chi connectivity index (χ0n) is 8.86. The van der Waals surface area contributed by atoms with E-state index in [2.05, 4.69) is 13.0 Å². The number of hydrogen-bond acceptors (Lipinski definition) is 0. The molecule has 0 aromatic heterocycles. The first-order valence-electron chi connectivity index (χ1n) is 5.90. The van der Waals surface area contributed by atoms with Crippen LogP contribution in [-0.2, 0) is 0 Å². The SMILES string of the molecule is [CH2]C/C1=C/CCCCCCCCC1. The molecule has 1 radical (unpaired) electrons. The van der Waals surface area contributed by atoms with Crippen molar-refractivity contribution in [2.45, 2.75) is 64.2 Å². The average molecular weight is 179 g/mol. The summed E-state index contributed by atoms with van der Waals surface area (Å²) < 4.78 is 0. The van der Waals surface area contributed by atoms with Crippen molar-refractivity contribution >= 4 is 0 Å². The maximum atomic E-state index is 3.99. The molecule has 0 saturated carbocycles. The summed E-state index contributed by atoms with van der Waals surface area (Å²) in [6.45, 7) is 3.99. The summed E-state index contributed by atoms with van der Waals surface area (Å²) in [7, 11) is 0. The van der Waals surface area contributed by atoms with Crippen molar-refractivity contribution in [3.05, 3.63) is 18.6 Å². The van der Waals surface area contributed by atoms with Crippen molar-refractivity contribution < 1.29 is 0 Å². The molecule has 0 atom stereocenters. The summed E-state index contributed by atoms with van der Waals surface area (Å²) >= 11 is 0. The summed E-state index contributed by atoms with van der Waals surface area (Å²) in [5.74, 6) is 0. The number of allylic oxidation sites excluding steroid dienone is 2. The fraction of sp³-hybridized carbons (Fsp3) is 0.769. The van der Waals surface area contributed by atoms with Gasteiger partial charge in [-0.25, -0.2) is 0 Å². The second kappa shape index (κ2) is 7.17. The Kier molecular flexibility index (Phi) is 5.97. The first kappa shape index (κ1) is 10.8. The highest BCUT2D eigenvalue weighted by Gasteiger charge is 1.98. The van der Waals surface area contributed by atoms with Gasteiger partial charge >= 0.3 is 0 Å². The number of rotatable bonds is 1. The van der Waals surface area contributed by atoms with E-state index in [1.54, 1.807) is 5.57 Å². The lowest BCUT2D eigenvalue weighted by atomic mass is 10.0. The quantitative estimate of drug-likeness (QED) is 0.513. The highest BCUT2D eigenvalue weighted by Crippen LogP contribution is 2.18. The van der Waals surface area contributed by atoms with Gasteiger partial charge in [0, 0.05) is 0 Å². The Morgan fingerprint density at radius 2 is 1.54 bits per heavy atom. The molecule has 75 valence electrons. The molecular formula is C13H23. The molecule has 0 heterocycles. The fourth-order valence-corrected chi connectivity index (χ4v) is 2.02. The smallest absolute Gasteiger partial charge is 0.0320 e. The van der Waals surface area contributed by atoms with Gasteiger partial charge in [-0.3, -0.25) is 0 Å². The molecular weight excluding hydrogens is 156 g/mol. The third-order valence-corrected chi connectivity index (χ3v) is 2.96. The zero-order valence-corrected chi connectivity index (χ0v) is 8.86. The van der Waals surface area contributed by atoms with Crippen molar-refractivity contribution in [3.8, 4) is 0 Å². The predicted molar refractivity (Wildman–Crippen MR) is 59.6 cm³/mol. The van der Waals surface area contributed by atoms with Gasteiger partial charge in [0.1, 0.15) is 0 Å². The first-order chi connectivity index (χ1) is 6.43. The summed E-state index contributed by atoms with van der Waals surface area (Å²) in [4.78, 5) is 0. The van der Waals surface area contributed by atoms with Gasteiger partial charge in [0.25, 0.3) is 0 Å². The van der Waals surface area contributed by atoms with Crippen molar-refractivity contribution in [2.75, 3.05) is 0 Å². The predicted octanol–water partition coefficient (Wildman–Crippen LogP) is 4.66. The minimum absolute atomic E-state index is 1.03. The first-order valence-corrected chi connectivity index (χ1v) is 5.90. The van der Waals surface area contributed by atoms with E-state index in [4.69, 9.17) is 0 Å². The molecule has 0 nitrogen and oxygen atoms in total. The van der Waals surface area contributed by atoms with Crippen LogP contribution in [0.4, 0.5) is 0 Å². The molecule has 0 bridgehead atoms. The van der Waals surface area contributed by atoms with E-state index >= 15 is 0 Å². The Morgan fingerprint density at radius 3 is 2.23 bits per heavy atom. The van der Waals surface area contributed by atoms with E-state index in [0.29, 0.717) is 0 Å². The van der Waals surface area contributed by atoms with Crippen LogP contribution in [0.25, 0.3) is 0 Å². The van der Waals surface area contributed by atoms with Gasteiger partial charge in [0.05, 0.1) is 0 Å². The van der Waals surface area contributed by atoms with E-state index in [0.717, 1.165) is 6.42 Å². The minimum atomic E-state index is 1.03. The van der Waals surface area contributed by atoms with Gasteiger partial charge in [-0.05, 0) is 39.0 Å². The van der Waals surface area contributed by atoms with Crippen LogP contribution >= 0.6 is 0 Å². The fourth-order valence-electron chi connectivity index (χ4n) is 2.02. The van der Waals surface area contributed by atoms with Crippen LogP contribution in [0.2, 0.25) is 0 Å². The van der Waals surface area contributed by atoms with Crippen molar-refractivity contribution in [1.29, 1.82) is 0 Å². The van der Waals surface area contributed by atoms with Crippen LogP contribution in [0.1, 0.15) is 64.2 Å². The van der Waals surface area contributed by atoms with E-state index in [1.807, 2.05) is 0 Å². The van der Waals surface area contributed by atoms with Gasteiger partial charge in [-0.15, -0.1) is 0 Å². The average Bonchev–Trinajstić information content (AvgIpc) is 2.22. The Labute approximate surface area is 83.4 Å². The topological polar surface area (TPSA) is 0 Å². The van der Waals surface area contributed by atoms with Crippen LogP contribution in [0.15, 0.2) is 11.6 Å². The summed E-state index contributed by atoms with van der Waals surface area (Å²) in [6, 6.07) is 0. The van der Waals surface area contributed by atoms with Gasteiger partial charge in [-0.1, -0.05) is 43.8 Å². The maximum absolute atomic E-state index is 3.99. The maximum Gasteiger partial charge on any atom is -0.0320 e. The minimum Gasteiger partial charge on any atom is -0.0853 e. The Morgan fingerprint density at radius 1 is 0.923 bits per heavy atom. The van der Waals surface area contributed by atoms with Gasteiger partial charge in [0.2, 0.25) is 0 Å². The molecule has 13 heavy (non-hydrogen) atoms. The molecule has 0 N–H and O–H groups in total. The van der Waals surface area contributed by atoms with E-state index in [-0.39, 0.29) is 0 Å². The molecule has 0 saturated heterocycles. The van der Waals surface area contributed by atoms with Crippen molar-refractivity contribution in [2.24, 2.45) is 0 Å². The molecule has 0 spiro atoms. The molecule has 0 aromatic rings. The van der Waals surface area contributed by atoms with Crippen LogP contribution < -0.4 is 0 Å². The Hall–Kier alpha value is -0.260. The largest absolute Gasteiger partial charge is 0.0853 e. The highest BCUT2D eigenvalue weighted by molar-refractivity contribution is 5.02. The zero-order chi connectivity index (χ0) is 9.36. The molecule has 1 aliphatic rings. The molecule has 0 unspecified atom stereocenters. The molecule has 1 rings (SSSR count). The molecule has 0 fully saturated rings. The van der Waals surface area contributed by atoms with Crippen LogP contribution in [0, 0.1) is 6.92 Å². The molecule has 0 heteroatoms. The van der Waals surface area contributed by atoms with E-state index < -0.39 is 0 Å². The molecule has 0 amide bonds. The van der Waals surface area contributed by atoms with Crippen LogP contribution in [0.5, 0.6) is 0 Å². The van der Waals surface area contributed by atoms with Crippen molar-refractivity contribution in [3.63, 3.8) is 0 Å². The monoisotopic (exact) mass is 179 g/mol. The lowest BCUT2D eigenvalue weighted by molar-refractivity contribution is 0.587. The normalized spacial score (nSPS) is 25.8. The summed E-state index contributed by atoms with van der Waals surface area (Å²) in [6.07, 6.45) is 16.1. The van der Waals surface area contributed by atoms with Gasteiger partial charge in [-0.2, -0.15) is 0 Å². The van der Waals surface area contributed by atoms with E-state index in [9.17, 15) is 0 Å². The number of hydrogen-bond donors (Lipinski definition) is 0. The van der Waals surface area contributed by atoms with Gasteiger partial charge < -0.3 is 0 Å². The summed E-state index contributed by atoms with van der Waals surface area (Å²) in [5, 5.41) is 0. The van der Waals surface area contributed by atoms with Crippen LogP contribution in [0.3, 0.4) is 0 Å². The highest BCUT2D eigenvalue weighted by atomic mass is 14.0. The van der Waals surface area contributed by atoms with Crippen LogP contribution in [-0.4, -0.2) is 0 Å². The second-order valence-corrected chi connectivity index (χ2v) is 4.13. The Balaban J connectivity index is 2.31. The molecule has 1 aliphatic carbocycles. The van der Waals surface area contributed by atoms with Gasteiger partial charge in [0.15, 0.2) is 0 Å². The lowest BCUT2D eigenvalue weighted by Crippen LogP contribution is -1.83. The third-order valence-electron chi connectivity index (χ3n) is 2.96. The molecule has 0 aliphatic heterocycles. The second-order valence-electron chi connectivity index (χ2n) is 4.13. The van der Waals surface area contributed by atoms with Crippen molar-refractivity contribution in [1.82, 2.24) is 0 Å². The lowest BCUT2D eigenvalue weighted by Gasteiger charge is -2.03. The van der Waals surface area contributed by atoms with E-state index in [1.165, 1.54) is 57.8 Å². The third kappa shape index (κ3) is 5.13. The standard InChI is InChI=1S/C13H23/c1-2-13-11-9-7-5-3-4-6-8-10-12-13/h11H,1-10,12H2/b13-11-. The summed E-state index contributed by atoms with van der Waals surface area (Å²) in [5.41, 5.74) is 1.60. The molecule has 0 aromatic carbocycles.